The van der Waals surface area contributed by atoms with Gasteiger partial charge in [-0.05, 0) is 43.9 Å². The largest absolute Gasteiger partial charge is 0.381 e. The monoisotopic (exact) mass is 340 g/mol. The highest BCUT2D eigenvalue weighted by molar-refractivity contribution is 5.93. The van der Waals surface area contributed by atoms with E-state index in [4.69, 9.17) is 4.74 Å². The van der Waals surface area contributed by atoms with Crippen LogP contribution in [0, 0.1) is 18.8 Å². The lowest BCUT2D eigenvalue weighted by Gasteiger charge is -2.24. The molecule has 0 N–H and O–H groups in total. The summed E-state index contributed by atoms with van der Waals surface area (Å²) in [6.45, 7) is 5.49. The minimum Gasteiger partial charge on any atom is -0.381 e. The molecule has 1 unspecified atom stereocenters. The van der Waals surface area contributed by atoms with Crippen molar-refractivity contribution in [1.29, 1.82) is 0 Å². The molecule has 2 aliphatic rings. The van der Waals surface area contributed by atoms with Crippen molar-refractivity contribution < 1.29 is 9.53 Å². The summed E-state index contributed by atoms with van der Waals surface area (Å²) in [6.07, 6.45) is 6.05. The Morgan fingerprint density at radius 3 is 2.80 bits per heavy atom. The van der Waals surface area contributed by atoms with E-state index in [1.165, 1.54) is 12.8 Å². The van der Waals surface area contributed by atoms with Crippen molar-refractivity contribution >= 4 is 5.91 Å². The minimum atomic E-state index is 0.0225. The fourth-order valence-corrected chi connectivity index (χ4v) is 3.26. The summed E-state index contributed by atoms with van der Waals surface area (Å²) in [5.74, 6) is 1.03. The van der Waals surface area contributed by atoms with Crippen molar-refractivity contribution in [1.82, 2.24) is 19.7 Å². The first kappa shape index (κ1) is 16.3. The van der Waals surface area contributed by atoms with Gasteiger partial charge in [-0.2, -0.15) is 5.10 Å². The number of pyridine rings is 1. The molecule has 0 radical (unpaired) electrons. The number of amides is 1. The van der Waals surface area contributed by atoms with E-state index >= 15 is 0 Å². The molecule has 1 amide bonds. The summed E-state index contributed by atoms with van der Waals surface area (Å²) in [7, 11) is 0. The molecule has 0 spiro atoms. The van der Waals surface area contributed by atoms with Gasteiger partial charge in [0.25, 0.3) is 5.91 Å². The van der Waals surface area contributed by atoms with E-state index < -0.39 is 0 Å². The predicted octanol–water partition coefficient (Wildman–Crippen LogP) is 2.29. The van der Waals surface area contributed by atoms with Gasteiger partial charge in [0, 0.05) is 43.7 Å². The van der Waals surface area contributed by atoms with Gasteiger partial charge in [-0.1, -0.05) is 0 Å². The summed E-state index contributed by atoms with van der Waals surface area (Å²) < 4.78 is 7.91. The zero-order chi connectivity index (χ0) is 17.2. The molecule has 0 bridgehead atoms. The van der Waals surface area contributed by atoms with Crippen molar-refractivity contribution in [2.45, 2.75) is 32.9 Å². The lowest BCUT2D eigenvalue weighted by Crippen LogP contribution is -2.35. The summed E-state index contributed by atoms with van der Waals surface area (Å²) in [5.41, 5.74) is 2.62. The first-order valence-corrected chi connectivity index (χ1v) is 8.99. The maximum atomic E-state index is 12.9. The van der Waals surface area contributed by atoms with Crippen LogP contribution >= 0.6 is 0 Å². The van der Waals surface area contributed by atoms with Gasteiger partial charge < -0.3 is 9.64 Å². The average molecular weight is 340 g/mol. The Bertz CT molecular complexity index is 736. The number of carbonyl (C=O) groups is 1. The van der Waals surface area contributed by atoms with Crippen molar-refractivity contribution in [3.8, 4) is 0 Å². The van der Waals surface area contributed by atoms with Crippen LogP contribution in [0.25, 0.3) is 0 Å². The third kappa shape index (κ3) is 3.90. The van der Waals surface area contributed by atoms with Crippen LogP contribution in [0.4, 0.5) is 0 Å². The topological polar surface area (TPSA) is 60.2 Å². The van der Waals surface area contributed by atoms with Crippen LogP contribution in [0.1, 0.15) is 34.6 Å². The van der Waals surface area contributed by atoms with Crippen LogP contribution in [0.15, 0.2) is 30.6 Å². The molecule has 2 aromatic heterocycles. The van der Waals surface area contributed by atoms with Gasteiger partial charge >= 0.3 is 0 Å². The number of rotatable bonds is 5. The fraction of sp³-hybridized carbons (Fsp3) is 0.526. The number of ether oxygens (including phenoxy) is 1. The van der Waals surface area contributed by atoms with E-state index in [0.717, 1.165) is 30.5 Å². The lowest BCUT2D eigenvalue weighted by atomic mass is 10.1. The molecule has 2 aromatic rings. The first-order valence-electron chi connectivity index (χ1n) is 8.99. The van der Waals surface area contributed by atoms with E-state index in [0.29, 0.717) is 25.3 Å². The Balaban J connectivity index is 1.49. The molecule has 1 saturated carbocycles. The molecule has 6 heteroatoms. The van der Waals surface area contributed by atoms with Crippen LogP contribution in [0.5, 0.6) is 0 Å². The van der Waals surface area contributed by atoms with Crippen LogP contribution in [0.3, 0.4) is 0 Å². The molecule has 0 aromatic carbocycles. The molecule has 1 fully saturated rings. The van der Waals surface area contributed by atoms with Crippen LogP contribution in [0.2, 0.25) is 0 Å². The van der Waals surface area contributed by atoms with E-state index in [1.807, 2.05) is 34.7 Å². The van der Waals surface area contributed by atoms with Crippen molar-refractivity contribution in [2.75, 3.05) is 19.8 Å². The first-order chi connectivity index (χ1) is 12.2. The van der Waals surface area contributed by atoms with Crippen molar-refractivity contribution in [3.05, 3.63) is 47.5 Å². The number of nitrogens with zero attached hydrogens (tertiary/aromatic N) is 4. The number of fused-ring (bicyclic) bond motifs is 1. The molecular formula is C19H24N4O2. The molecule has 3 heterocycles. The Kier molecular flexibility index (Phi) is 4.53. The van der Waals surface area contributed by atoms with Crippen molar-refractivity contribution in [3.63, 3.8) is 0 Å². The Labute approximate surface area is 147 Å². The summed E-state index contributed by atoms with van der Waals surface area (Å²) >= 11 is 0. The highest BCUT2D eigenvalue weighted by Crippen LogP contribution is 2.29. The number of aryl methyl sites for hydroxylation is 1. The molecule has 25 heavy (non-hydrogen) atoms. The van der Waals surface area contributed by atoms with Crippen molar-refractivity contribution in [2.24, 2.45) is 11.8 Å². The zero-order valence-corrected chi connectivity index (χ0v) is 14.6. The quantitative estimate of drug-likeness (QED) is 0.838. The predicted molar refractivity (Wildman–Crippen MR) is 93.0 cm³/mol. The van der Waals surface area contributed by atoms with Crippen LogP contribution in [-0.2, 0) is 17.8 Å². The van der Waals surface area contributed by atoms with Gasteiger partial charge in [-0.15, -0.1) is 0 Å². The Morgan fingerprint density at radius 1 is 1.20 bits per heavy atom. The average Bonchev–Trinajstić information content (AvgIpc) is 3.37. The molecule has 132 valence electrons. The third-order valence-corrected chi connectivity index (χ3v) is 4.92. The summed E-state index contributed by atoms with van der Waals surface area (Å²) in [6, 6.07) is 5.72. The number of carbonyl (C=O) groups excluding carboxylic acids is 1. The van der Waals surface area contributed by atoms with E-state index in [-0.39, 0.29) is 11.8 Å². The lowest BCUT2D eigenvalue weighted by molar-refractivity contribution is 0.0568. The van der Waals surface area contributed by atoms with E-state index in [1.54, 1.807) is 12.4 Å². The van der Waals surface area contributed by atoms with Gasteiger partial charge in [0.1, 0.15) is 0 Å². The van der Waals surface area contributed by atoms with E-state index in [9.17, 15) is 4.79 Å². The van der Waals surface area contributed by atoms with Gasteiger partial charge in [0.2, 0.25) is 0 Å². The second-order valence-electron chi connectivity index (χ2n) is 7.23. The second kappa shape index (κ2) is 6.96. The molecular weight excluding hydrogens is 316 g/mol. The second-order valence-corrected chi connectivity index (χ2v) is 7.23. The van der Waals surface area contributed by atoms with E-state index in [2.05, 4.69) is 10.1 Å². The standard InChI is InChI=1S/C19H24N4O2/c1-14-2-5-17(8-20-14)19(24)22-9-16(13-25-12-15-3-4-15)10-23-18(11-22)6-7-21-23/h2,5-8,15-16H,3-4,9-13H2,1H3. The SMILES string of the molecule is Cc1ccc(C(=O)N2Cc3ccnn3CC(COCC3CC3)C2)cn1. The third-order valence-electron chi connectivity index (χ3n) is 4.92. The highest BCUT2D eigenvalue weighted by Gasteiger charge is 2.27. The Hall–Kier alpha value is -2.21. The van der Waals surface area contributed by atoms with Crippen LogP contribution < -0.4 is 0 Å². The summed E-state index contributed by atoms with van der Waals surface area (Å²) in [5, 5.41) is 4.41. The van der Waals surface area contributed by atoms with Gasteiger partial charge in [0.05, 0.1) is 24.4 Å². The molecule has 1 atom stereocenters. The number of hydrogen-bond donors (Lipinski definition) is 0. The number of hydrogen-bond acceptors (Lipinski definition) is 4. The maximum absolute atomic E-state index is 12.9. The van der Waals surface area contributed by atoms with Gasteiger partial charge in [-0.25, -0.2) is 0 Å². The van der Waals surface area contributed by atoms with Gasteiger partial charge in [-0.3, -0.25) is 14.5 Å². The Morgan fingerprint density at radius 2 is 2.04 bits per heavy atom. The smallest absolute Gasteiger partial charge is 0.255 e. The van der Waals surface area contributed by atoms with Crippen LogP contribution in [-0.4, -0.2) is 45.3 Å². The normalized spacial score (nSPS) is 20.2. The number of aromatic nitrogens is 3. The molecule has 4 rings (SSSR count). The fourth-order valence-electron chi connectivity index (χ4n) is 3.26. The summed E-state index contributed by atoms with van der Waals surface area (Å²) in [4.78, 5) is 19.1. The highest BCUT2D eigenvalue weighted by atomic mass is 16.5. The minimum absolute atomic E-state index is 0.0225. The zero-order valence-electron chi connectivity index (χ0n) is 14.6. The van der Waals surface area contributed by atoms with Gasteiger partial charge in [0.15, 0.2) is 0 Å². The maximum Gasteiger partial charge on any atom is 0.255 e. The molecule has 1 aliphatic heterocycles. The molecule has 0 saturated heterocycles. The molecule has 1 aliphatic carbocycles. The molecule has 6 nitrogen and oxygen atoms in total.